The Kier molecular flexibility index (Phi) is 4.34. The van der Waals surface area contributed by atoms with Gasteiger partial charge in [-0.15, -0.1) is 11.6 Å². The van der Waals surface area contributed by atoms with E-state index in [1.807, 2.05) is 0 Å². The van der Waals surface area contributed by atoms with Gasteiger partial charge in [-0.2, -0.15) is 0 Å². The van der Waals surface area contributed by atoms with Gasteiger partial charge in [0, 0.05) is 16.7 Å². The molecule has 90 valence electrons. The molecule has 17 heavy (non-hydrogen) atoms. The predicted molar refractivity (Wildman–Crippen MR) is 63.7 cm³/mol. The Balaban J connectivity index is 3.43. The monoisotopic (exact) mass is 293 g/mol. The second-order valence-electron chi connectivity index (χ2n) is 2.81. The van der Waals surface area contributed by atoms with Crippen LogP contribution in [0.1, 0.15) is 5.56 Å². The molecule has 0 fully saturated rings. The molecule has 0 N–H and O–H groups in total. The molecule has 1 aromatic rings. The van der Waals surface area contributed by atoms with Gasteiger partial charge in [-0.3, -0.25) is 10.1 Å². The Labute approximate surface area is 107 Å². The molecule has 0 aliphatic heterocycles. The molecule has 0 radical (unpaired) electrons. The van der Waals surface area contributed by atoms with E-state index in [4.69, 9.17) is 22.3 Å². The van der Waals surface area contributed by atoms with E-state index in [2.05, 4.69) is 11.8 Å². The SMILES string of the molecule is O=[N+]([O-])c1cc(S(=O)(=O)Cl)ccc1C#CCCl. The minimum absolute atomic E-state index is 0.0205. The molecule has 8 heteroatoms. The number of benzene rings is 1. The van der Waals surface area contributed by atoms with Crippen LogP contribution in [-0.4, -0.2) is 19.2 Å². The molecule has 0 amide bonds. The highest BCUT2D eigenvalue weighted by Crippen LogP contribution is 2.24. The standard InChI is InChI=1S/C9H5Cl2NO4S/c10-5-1-2-7-3-4-8(17(11,15)16)6-9(7)12(13)14/h3-4,6H,5H2. The summed E-state index contributed by atoms with van der Waals surface area (Å²) >= 11 is 5.33. The second-order valence-corrected chi connectivity index (χ2v) is 5.64. The van der Waals surface area contributed by atoms with Crippen molar-refractivity contribution in [3.63, 3.8) is 0 Å². The smallest absolute Gasteiger partial charge is 0.258 e. The van der Waals surface area contributed by atoms with Gasteiger partial charge in [0.15, 0.2) is 0 Å². The lowest BCUT2D eigenvalue weighted by Gasteiger charge is -1.98. The molecule has 0 heterocycles. The summed E-state index contributed by atoms with van der Waals surface area (Å²) in [5.41, 5.74) is -0.343. The first kappa shape index (κ1) is 13.8. The Morgan fingerprint density at radius 3 is 2.53 bits per heavy atom. The first-order valence-corrected chi connectivity index (χ1v) is 6.98. The van der Waals surface area contributed by atoms with Crippen LogP contribution in [0, 0.1) is 22.0 Å². The Morgan fingerprint density at radius 1 is 1.41 bits per heavy atom. The molecular formula is C9H5Cl2NO4S. The van der Waals surface area contributed by atoms with Crippen LogP contribution < -0.4 is 0 Å². The third-order valence-corrected chi connectivity index (χ3v) is 3.22. The van der Waals surface area contributed by atoms with E-state index in [0.29, 0.717) is 0 Å². The lowest BCUT2D eigenvalue weighted by atomic mass is 10.2. The lowest BCUT2D eigenvalue weighted by molar-refractivity contribution is -0.385. The summed E-state index contributed by atoms with van der Waals surface area (Å²) in [6, 6.07) is 3.22. The molecule has 1 rings (SSSR count). The van der Waals surface area contributed by atoms with Crippen LogP contribution in [0.3, 0.4) is 0 Å². The van der Waals surface area contributed by atoms with Gasteiger partial charge >= 0.3 is 0 Å². The fraction of sp³-hybridized carbons (Fsp3) is 0.111. The summed E-state index contributed by atoms with van der Waals surface area (Å²) in [5.74, 6) is 4.93. The molecule has 0 aromatic heterocycles. The van der Waals surface area contributed by atoms with Crippen LogP contribution in [0.5, 0.6) is 0 Å². The lowest BCUT2D eigenvalue weighted by Crippen LogP contribution is -1.97. The van der Waals surface area contributed by atoms with Crippen molar-refractivity contribution in [2.45, 2.75) is 4.90 Å². The number of alkyl halides is 1. The number of hydrogen-bond acceptors (Lipinski definition) is 4. The van der Waals surface area contributed by atoms with Crippen LogP contribution in [0.4, 0.5) is 5.69 Å². The molecule has 0 saturated heterocycles. The molecule has 0 unspecified atom stereocenters. The molecule has 0 saturated carbocycles. The van der Waals surface area contributed by atoms with Gasteiger partial charge in [-0.25, -0.2) is 8.42 Å². The highest BCUT2D eigenvalue weighted by molar-refractivity contribution is 8.13. The fourth-order valence-corrected chi connectivity index (χ4v) is 1.89. The van der Waals surface area contributed by atoms with E-state index in [1.165, 1.54) is 6.07 Å². The number of hydrogen-bond donors (Lipinski definition) is 0. The van der Waals surface area contributed by atoms with Crippen molar-refractivity contribution in [2.24, 2.45) is 0 Å². The van der Waals surface area contributed by atoms with E-state index < -0.39 is 19.7 Å². The zero-order valence-electron chi connectivity index (χ0n) is 8.18. The van der Waals surface area contributed by atoms with Crippen molar-refractivity contribution in [1.29, 1.82) is 0 Å². The molecule has 0 bridgehead atoms. The summed E-state index contributed by atoms with van der Waals surface area (Å²) in [6.07, 6.45) is 0. The van der Waals surface area contributed by atoms with E-state index in [9.17, 15) is 18.5 Å². The maximum Gasteiger partial charge on any atom is 0.286 e. The van der Waals surface area contributed by atoms with Gasteiger partial charge in [0.2, 0.25) is 0 Å². The van der Waals surface area contributed by atoms with Gasteiger partial charge in [-0.1, -0.05) is 11.8 Å². The summed E-state index contributed by atoms with van der Waals surface area (Å²) in [4.78, 5) is 9.65. The Morgan fingerprint density at radius 2 is 2.06 bits per heavy atom. The number of halogens is 2. The van der Waals surface area contributed by atoms with Crippen molar-refractivity contribution in [2.75, 3.05) is 5.88 Å². The van der Waals surface area contributed by atoms with Crippen molar-refractivity contribution >= 4 is 37.0 Å². The fourth-order valence-electron chi connectivity index (χ4n) is 1.05. The van der Waals surface area contributed by atoms with Crippen molar-refractivity contribution in [3.8, 4) is 11.8 Å². The molecular weight excluding hydrogens is 289 g/mol. The van der Waals surface area contributed by atoms with Gasteiger partial charge in [-0.05, 0) is 12.1 Å². The Bertz CT molecular complexity index is 616. The molecule has 0 aliphatic rings. The number of nitro benzene ring substituents is 1. The second kappa shape index (κ2) is 5.36. The van der Waals surface area contributed by atoms with Gasteiger partial charge in [0.05, 0.1) is 15.7 Å². The molecule has 0 aliphatic carbocycles. The normalized spacial score (nSPS) is 10.5. The maximum atomic E-state index is 11.0. The van der Waals surface area contributed by atoms with Crippen molar-refractivity contribution in [3.05, 3.63) is 33.9 Å². The van der Waals surface area contributed by atoms with E-state index in [1.54, 1.807) is 0 Å². The highest BCUT2D eigenvalue weighted by atomic mass is 35.7. The minimum Gasteiger partial charge on any atom is -0.258 e. The first-order valence-electron chi connectivity index (χ1n) is 4.14. The zero-order chi connectivity index (χ0) is 13.1. The van der Waals surface area contributed by atoms with E-state index >= 15 is 0 Å². The van der Waals surface area contributed by atoms with Crippen molar-refractivity contribution < 1.29 is 13.3 Å². The van der Waals surface area contributed by atoms with Gasteiger partial charge in [0.25, 0.3) is 14.7 Å². The third-order valence-electron chi connectivity index (χ3n) is 1.74. The molecule has 1 aromatic carbocycles. The van der Waals surface area contributed by atoms with Gasteiger partial charge in [0.1, 0.15) is 5.56 Å². The number of rotatable bonds is 2. The average Bonchev–Trinajstić information content (AvgIpc) is 2.24. The summed E-state index contributed by atoms with van der Waals surface area (Å²) < 4.78 is 22.0. The average molecular weight is 294 g/mol. The summed E-state index contributed by atoms with van der Waals surface area (Å²) in [5, 5.41) is 10.7. The quantitative estimate of drug-likeness (QED) is 0.275. The highest BCUT2D eigenvalue weighted by Gasteiger charge is 2.18. The third kappa shape index (κ3) is 3.60. The molecule has 5 nitrogen and oxygen atoms in total. The van der Waals surface area contributed by atoms with Crippen LogP contribution in [0.15, 0.2) is 23.1 Å². The minimum atomic E-state index is -4.00. The predicted octanol–water partition coefficient (Wildman–Crippen LogP) is 2.11. The van der Waals surface area contributed by atoms with Crippen LogP contribution in [0.2, 0.25) is 0 Å². The van der Waals surface area contributed by atoms with E-state index in [0.717, 1.165) is 12.1 Å². The topological polar surface area (TPSA) is 77.3 Å². The van der Waals surface area contributed by atoms with Gasteiger partial charge < -0.3 is 0 Å². The molecule has 0 spiro atoms. The number of nitrogens with zero attached hydrogens (tertiary/aromatic N) is 1. The zero-order valence-corrected chi connectivity index (χ0v) is 10.5. The van der Waals surface area contributed by atoms with E-state index in [-0.39, 0.29) is 16.3 Å². The van der Waals surface area contributed by atoms with Crippen molar-refractivity contribution in [1.82, 2.24) is 0 Å². The van der Waals surface area contributed by atoms with Crippen LogP contribution >= 0.6 is 22.3 Å². The Hall–Kier alpha value is -1.29. The largest absolute Gasteiger partial charge is 0.286 e. The molecule has 0 atom stereocenters. The maximum absolute atomic E-state index is 11.0. The number of nitro groups is 1. The summed E-state index contributed by atoms with van der Waals surface area (Å²) in [6.45, 7) is 0. The summed E-state index contributed by atoms with van der Waals surface area (Å²) in [7, 11) is 1.08. The van der Waals surface area contributed by atoms with Crippen LogP contribution in [0.25, 0.3) is 0 Å². The van der Waals surface area contributed by atoms with Crippen LogP contribution in [-0.2, 0) is 9.05 Å². The first-order chi connectivity index (χ1) is 7.86.